The van der Waals surface area contributed by atoms with E-state index in [2.05, 4.69) is 24.1 Å². The summed E-state index contributed by atoms with van der Waals surface area (Å²) in [5.74, 6) is 0.969. The van der Waals surface area contributed by atoms with Crippen LogP contribution >= 0.6 is 0 Å². The predicted molar refractivity (Wildman–Crippen MR) is 76.0 cm³/mol. The van der Waals surface area contributed by atoms with Crippen molar-refractivity contribution in [3.05, 3.63) is 0 Å². The predicted octanol–water partition coefficient (Wildman–Crippen LogP) is 1.79. The maximum absolute atomic E-state index is 12.9. The molecule has 1 N–H and O–H groups in total. The zero-order chi connectivity index (χ0) is 13.9. The maximum Gasteiger partial charge on any atom is 0.242 e. The van der Waals surface area contributed by atoms with E-state index in [0.717, 1.165) is 19.4 Å². The normalized spacial score (nSPS) is 29.0. The van der Waals surface area contributed by atoms with Crippen molar-refractivity contribution < 1.29 is 9.53 Å². The number of nitrogens with one attached hydrogen (secondary N) is 1. The second-order valence-electron chi connectivity index (χ2n) is 6.29. The lowest BCUT2D eigenvalue weighted by atomic mass is 9.89. The fourth-order valence-electron chi connectivity index (χ4n) is 3.07. The van der Waals surface area contributed by atoms with Gasteiger partial charge in [-0.1, -0.05) is 0 Å². The van der Waals surface area contributed by atoms with Gasteiger partial charge in [-0.25, -0.2) is 0 Å². The van der Waals surface area contributed by atoms with Gasteiger partial charge in [-0.15, -0.1) is 0 Å². The highest BCUT2D eigenvalue weighted by Gasteiger charge is 2.42. The molecule has 4 heteroatoms. The van der Waals surface area contributed by atoms with Crippen molar-refractivity contribution >= 4 is 5.91 Å². The Morgan fingerprint density at radius 2 is 2.21 bits per heavy atom. The van der Waals surface area contributed by atoms with Crippen molar-refractivity contribution in [1.29, 1.82) is 0 Å². The number of carbonyl (C=O) groups is 1. The molecule has 1 aliphatic heterocycles. The Kier molecular flexibility index (Phi) is 4.85. The van der Waals surface area contributed by atoms with E-state index in [9.17, 15) is 4.79 Å². The van der Waals surface area contributed by atoms with Crippen LogP contribution in [0.5, 0.6) is 0 Å². The summed E-state index contributed by atoms with van der Waals surface area (Å²) in [6.07, 6.45) is 5.81. The van der Waals surface area contributed by atoms with E-state index in [1.165, 1.54) is 19.3 Å². The van der Waals surface area contributed by atoms with Crippen LogP contribution in [-0.2, 0) is 9.53 Å². The topological polar surface area (TPSA) is 41.6 Å². The fourth-order valence-corrected chi connectivity index (χ4v) is 3.07. The van der Waals surface area contributed by atoms with Crippen LogP contribution in [0.1, 0.15) is 46.0 Å². The summed E-state index contributed by atoms with van der Waals surface area (Å²) in [6, 6.07) is 0.350. The summed E-state index contributed by atoms with van der Waals surface area (Å²) in [5, 5.41) is 3.43. The first kappa shape index (κ1) is 14.8. The Balaban J connectivity index is 2.04. The van der Waals surface area contributed by atoms with E-state index >= 15 is 0 Å². The Morgan fingerprint density at radius 1 is 1.47 bits per heavy atom. The summed E-state index contributed by atoms with van der Waals surface area (Å²) in [6.45, 7) is 6.55. The molecule has 2 fully saturated rings. The molecule has 4 nitrogen and oxygen atoms in total. The molecular formula is C15H28N2O2. The maximum atomic E-state index is 12.9. The lowest BCUT2D eigenvalue weighted by Crippen LogP contribution is -2.60. The molecule has 1 saturated carbocycles. The van der Waals surface area contributed by atoms with Gasteiger partial charge in [0.25, 0.3) is 0 Å². The quantitative estimate of drug-likeness (QED) is 0.798. The molecule has 1 saturated heterocycles. The summed E-state index contributed by atoms with van der Waals surface area (Å²) < 4.78 is 5.18. The second-order valence-corrected chi connectivity index (χ2v) is 6.29. The van der Waals surface area contributed by atoms with E-state index in [1.54, 1.807) is 7.11 Å². The molecule has 0 aromatic heterocycles. The largest absolute Gasteiger partial charge is 0.383 e. The molecule has 0 aromatic carbocycles. The summed E-state index contributed by atoms with van der Waals surface area (Å²) >= 11 is 0. The lowest BCUT2D eigenvalue weighted by molar-refractivity contribution is -0.142. The van der Waals surface area contributed by atoms with Crippen molar-refractivity contribution in [2.24, 2.45) is 5.92 Å². The van der Waals surface area contributed by atoms with Gasteiger partial charge in [0, 0.05) is 19.7 Å². The van der Waals surface area contributed by atoms with Gasteiger partial charge in [0.05, 0.1) is 12.1 Å². The van der Waals surface area contributed by atoms with Crippen molar-refractivity contribution in [1.82, 2.24) is 10.2 Å². The Hall–Kier alpha value is -0.610. The van der Waals surface area contributed by atoms with Crippen LogP contribution in [0.2, 0.25) is 0 Å². The Bertz CT molecular complexity index is 309. The van der Waals surface area contributed by atoms with Gasteiger partial charge in [-0.3, -0.25) is 4.79 Å². The van der Waals surface area contributed by atoms with Crippen molar-refractivity contribution in [2.75, 3.05) is 26.8 Å². The molecule has 2 atom stereocenters. The number of piperidine rings is 1. The van der Waals surface area contributed by atoms with Crippen molar-refractivity contribution in [2.45, 2.75) is 57.5 Å². The highest BCUT2D eigenvalue weighted by atomic mass is 16.5. The Morgan fingerprint density at radius 3 is 2.74 bits per heavy atom. The molecule has 0 spiro atoms. The highest BCUT2D eigenvalue weighted by Crippen LogP contribution is 2.36. The van der Waals surface area contributed by atoms with Crippen LogP contribution in [0.4, 0.5) is 0 Å². The number of amides is 1. The van der Waals surface area contributed by atoms with Gasteiger partial charge in [0.2, 0.25) is 5.91 Å². The van der Waals surface area contributed by atoms with Crippen LogP contribution in [0, 0.1) is 5.92 Å². The van der Waals surface area contributed by atoms with E-state index in [4.69, 9.17) is 4.74 Å². The van der Waals surface area contributed by atoms with E-state index in [0.29, 0.717) is 25.1 Å². The zero-order valence-electron chi connectivity index (χ0n) is 12.6. The third kappa shape index (κ3) is 3.48. The number of rotatable bonds is 6. The van der Waals surface area contributed by atoms with Gasteiger partial charge < -0.3 is 15.0 Å². The van der Waals surface area contributed by atoms with Crippen molar-refractivity contribution in [3.8, 4) is 0 Å². The minimum Gasteiger partial charge on any atom is -0.383 e. The molecule has 19 heavy (non-hydrogen) atoms. The van der Waals surface area contributed by atoms with E-state index in [-0.39, 0.29) is 11.4 Å². The number of hydrogen-bond acceptors (Lipinski definition) is 3. The minimum atomic E-state index is -0.366. The monoisotopic (exact) mass is 268 g/mol. The molecular weight excluding hydrogens is 240 g/mol. The number of ether oxygens (including phenoxy) is 1. The third-order valence-electron chi connectivity index (χ3n) is 4.68. The second kappa shape index (κ2) is 6.23. The smallest absolute Gasteiger partial charge is 0.242 e. The van der Waals surface area contributed by atoms with Gasteiger partial charge in [0.1, 0.15) is 0 Å². The molecule has 0 bridgehead atoms. The standard InChI is InChI=1S/C15H28N2O2/c1-12(13-6-7-13)17(10-11-19-3)14(18)15(2)8-4-5-9-16-15/h12-13,16H,4-11H2,1-3H3. The number of carbonyl (C=O) groups excluding carboxylic acids is 1. The van der Waals surface area contributed by atoms with Gasteiger partial charge in [0.15, 0.2) is 0 Å². The molecule has 1 amide bonds. The van der Waals surface area contributed by atoms with Gasteiger partial charge >= 0.3 is 0 Å². The number of hydrogen-bond donors (Lipinski definition) is 1. The molecule has 2 aliphatic rings. The molecule has 2 unspecified atom stereocenters. The summed E-state index contributed by atoms with van der Waals surface area (Å²) in [4.78, 5) is 15.0. The number of nitrogens with zero attached hydrogens (tertiary/aromatic N) is 1. The first-order valence-corrected chi connectivity index (χ1v) is 7.63. The molecule has 1 heterocycles. The molecule has 110 valence electrons. The summed E-state index contributed by atoms with van der Waals surface area (Å²) in [5.41, 5.74) is -0.366. The third-order valence-corrected chi connectivity index (χ3v) is 4.68. The average Bonchev–Trinajstić information content (AvgIpc) is 3.24. The van der Waals surface area contributed by atoms with E-state index < -0.39 is 0 Å². The van der Waals surface area contributed by atoms with Crippen LogP contribution in [0.25, 0.3) is 0 Å². The van der Waals surface area contributed by atoms with Crippen LogP contribution in [0.15, 0.2) is 0 Å². The van der Waals surface area contributed by atoms with E-state index in [1.807, 2.05) is 0 Å². The fraction of sp³-hybridized carbons (Fsp3) is 0.933. The SMILES string of the molecule is COCCN(C(=O)C1(C)CCCCN1)C(C)C1CC1. The van der Waals surface area contributed by atoms with Crippen LogP contribution in [0.3, 0.4) is 0 Å². The zero-order valence-corrected chi connectivity index (χ0v) is 12.6. The molecule has 0 aromatic rings. The van der Waals surface area contributed by atoms with Gasteiger partial charge in [-0.05, 0) is 58.4 Å². The molecule has 1 aliphatic carbocycles. The Labute approximate surface area is 116 Å². The first-order valence-electron chi connectivity index (χ1n) is 7.63. The first-order chi connectivity index (χ1) is 9.08. The molecule has 0 radical (unpaired) electrons. The number of methoxy groups -OCH3 is 1. The average molecular weight is 268 g/mol. The van der Waals surface area contributed by atoms with Crippen LogP contribution in [-0.4, -0.2) is 49.2 Å². The molecule has 2 rings (SSSR count). The summed E-state index contributed by atoms with van der Waals surface area (Å²) in [7, 11) is 1.70. The van der Waals surface area contributed by atoms with Crippen molar-refractivity contribution in [3.63, 3.8) is 0 Å². The van der Waals surface area contributed by atoms with Crippen LogP contribution < -0.4 is 5.32 Å². The minimum absolute atomic E-state index is 0.267. The van der Waals surface area contributed by atoms with Gasteiger partial charge in [-0.2, -0.15) is 0 Å². The lowest BCUT2D eigenvalue weighted by Gasteiger charge is -2.40. The highest BCUT2D eigenvalue weighted by molar-refractivity contribution is 5.86.